The van der Waals surface area contributed by atoms with Crippen molar-refractivity contribution in [3.05, 3.63) is 48.3 Å². The molecule has 3 rings (SSSR count). The Morgan fingerprint density at radius 1 is 1.25 bits per heavy atom. The first kappa shape index (κ1) is 17.1. The molecule has 0 radical (unpaired) electrons. The first-order chi connectivity index (χ1) is 11.5. The number of likely N-dealkylation sites (tertiary alicyclic amines) is 1. The summed E-state index contributed by atoms with van der Waals surface area (Å²) in [6.45, 7) is 2.34. The van der Waals surface area contributed by atoms with E-state index in [0.717, 1.165) is 31.6 Å². The highest BCUT2D eigenvalue weighted by atomic mass is 32.2. The molecule has 1 atom stereocenters. The van der Waals surface area contributed by atoms with Crippen LogP contribution in [0.3, 0.4) is 0 Å². The van der Waals surface area contributed by atoms with Gasteiger partial charge in [0.05, 0.1) is 11.9 Å². The van der Waals surface area contributed by atoms with E-state index >= 15 is 0 Å². The molecule has 130 valence electrons. The summed E-state index contributed by atoms with van der Waals surface area (Å²) in [5.41, 5.74) is 2.27. The Bertz CT molecular complexity index is 741. The van der Waals surface area contributed by atoms with Crippen molar-refractivity contribution in [3.63, 3.8) is 0 Å². The summed E-state index contributed by atoms with van der Waals surface area (Å²) in [6, 6.07) is 10.5. The molecule has 2 heterocycles. The van der Waals surface area contributed by atoms with Gasteiger partial charge in [-0.05, 0) is 43.1 Å². The van der Waals surface area contributed by atoms with E-state index in [1.165, 1.54) is 18.2 Å². The third-order valence-electron chi connectivity index (χ3n) is 4.42. The van der Waals surface area contributed by atoms with Gasteiger partial charge in [-0.25, -0.2) is 17.8 Å². The van der Waals surface area contributed by atoms with Crippen molar-refractivity contribution in [2.75, 3.05) is 19.3 Å². The van der Waals surface area contributed by atoms with E-state index in [1.807, 2.05) is 16.9 Å². The van der Waals surface area contributed by atoms with Gasteiger partial charge < -0.3 is 0 Å². The molecule has 1 aliphatic heterocycles. The van der Waals surface area contributed by atoms with Crippen LogP contribution in [0.2, 0.25) is 0 Å². The lowest BCUT2D eigenvalue weighted by atomic mass is 10.0. The average molecular weight is 348 g/mol. The monoisotopic (exact) mass is 348 g/mol. The van der Waals surface area contributed by atoms with Crippen LogP contribution in [0, 0.1) is 0 Å². The Labute approximate surface area is 143 Å². The average Bonchev–Trinajstić information content (AvgIpc) is 3.08. The second-order valence-corrected chi connectivity index (χ2v) is 8.19. The highest BCUT2D eigenvalue weighted by Gasteiger charge is 2.23. The lowest BCUT2D eigenvalue weighted by molar-refractivity contribution is 0.142. The maximum absolute atomic E-state index is 11.4. The van der Waals surface area contributed by atoms with E-state index in [0.29, 0.717) is 6.54 Å². The van der Waals surface area contributed by atoms with Gasteiger partial charge in [-0.1, -0.05) is 18.6 Å². The third-order valence-corrected chi connectivity index (χ3v) is 5.11. The minimum Gasteiger partial charge on any atom is -0.295 e. The minimum absolute atomic E-state index is 0.263. The summed E-state index contributed by atoms with van der Waals surface area (Å²) in [7, 11) is -3.14. The van der Waals surface area contributed by atoms with Crippen LogP contribution in [-0.2, 0) is 16.6 Å². The summed E-state index contributed by atoms with van der Waals surface area (Å²) in [5.74, 6) is 0. The SMILES string of the molecule is CS(=O)(=O)NC[C@@H]1CCCCN1Cc1ccc(-n2cccn2)cc1. The number of nitrogens with zero attached hydrogens (tertiary/aromatic N) is 3. The predicted octanol–water partition coefficient (Wildman–Crippen LogP) is 1.78. The Balaban J connectivity index is 1.64. The van der Waals surface area contributed by atoms with E-state index in [9.17, 15) is 8.42 Å². The lowest BCUT2D eigenvalue weighted by Gasteiger charge is -2.35. The van der Waals surface area contributed by atoms with Gasteiger partial charge in [0.25, 0.3) is 0 Å². The summed E-state index contributed by atoms with van der Waals surface area (Å²) in [5, 5.41) is 4.23. The zero-order valence-corrected chi connectivity index (χ0v) is 14.7. The second kappa shape index (κ2) is 7.46. The van der Waals surface area contributed by atoms with Gasteiger partial charge in [-0.3, -0.25) is 4.90 Å². The maximum atomic E-state index is 11.4. The Kier molecular flexibility index (Phi) is 5.33. The van der Waals surface area contributed by atoms with E-state index in [4.69, 9.17) is 0 Å². The Hall–Kier alpha value is -1.70. The molecule has 1 aromatic carbocycles. The van der Waals surface area contributed by atoms with Crippen molar-refractivity contribution < 1.29 is 8.42 Å². The molecule has 1 fully saturated rings. The molecule has 1 N–H and O–H groups in total. The molecule has 0 amide bonds. The van der Waals surface area contributed by atoms with Crippen LogP contribution in [0.25, 0.3) is 5.69 Å². The van der Waals surface area contributed by atoms with Crippen LogP contribution in [0.4, 0.5) is 0 Å². The molecular formula is C17H24N4O2S. The van der Waals surface area contributed by atoms with Gasteiger partial charge in [0, 0.05) is 31.5 Å². The molecular weight excluding hydrogens is 324 g/mol. The number of rotatable bonds is 6. The fourth-order valence-corrected chi connectivity index (χ4v) is 3.65. The van der Waals surface area contributed by atoms with Crippen LogP contribution in [0.15, 0.2) is 42.7 Å². The van der Waals surface area contributed by atoms with Crippen molar-refractivity contribution in [1.29, 1.82) is 0 Å². The summed E-state index contributed by atoms with van der Waals surface area (Å²) in [4.78, 5) is 2.38. The topological polar surface area (TPSA) is 67.2 Å². The molecule has 1 aliphatic rings. The van der Waals surface area contributed by atoms with Crippen molar-refractivity contribution in [3.8, 4) is 5.69 Å². The van der Waals surface area contributed by atoms with E-state index < -0.39 is 10.0 Å². The normalized spacial score (nSPS) is 19.5. The molecule has 7 heteroatoms. The molecule has 6 nitrogen and oxygen atoms in total. The molecule has 2 aromatic rings. The van der Waals surface area contributed by atoms with Crippen molar-refractivity contribution in [1.82, 2.24) is 19.4 Å². The highest BCUT2D eigenvalue weighted by molar-refractivity contribution is 7.88. The molecule has 0 bridgehead atoms. The van der Waals surface area contributed by atoms with Gasteiger partial charge >= 0.3 is 0 Å². The van der Waals surface area contributed by atoms with E-state index in [1.54, 1.807) is 6.20 Å². The van der Waals surface area contributed by atoms with Gasteiger partial charge in [0.15, 0.2) is 0 Å². The van der Waals surface area contributed by atoms with Gasteiger partial charge in [0.2, 0.25) is 10.0 Å². The van der Waals surface area contributed by atoms with Gasteiger partial charge in [-0.15, -0.1) is 0 Å². The fourth-order valence-electron chi connectivity index (χ4n) is 3.16. The summed E-state index contributed by atoms with van der Waals surface area (Å²) < 4.78 is 27.2. The third kappa shape index (κ3) is 4.66. The van der Waals surface area contributed by atoms with Gasteiger partial charge in [0.1, 0.15) is 0 Å². The molecule has 0 unspecified atom stereocenters. The predicted molar refractivity (Wildman–Crippen MR) is 94.5 cm³/mol. The Morgan fingerprint density at radius 3 is 2.71 bits per heavy atom. The quantitative estimate of drug-likeness (QED) is 0.864. The molecule has 0 spiro atoms. The zero-order valence-electron chi connectivity index (χ0n) is 13.9. The van der Waals surface area contributed by atoms with Crippen LogP contribution in [0.5, 0.6) is 0 Å². The first-order valence-electron chi connectivity index (χ1n) is 8.29. The molecule has 1 saturated heterocycles. The minimum atomic E-state index is -3.14. The fraction of sp³-hybridized carbons (Fsp3) is 0.471. The first-order valence-corrected chi connectivity index (χ1v) is 10.2. The highest BCUT2D eigenvalue weighted by Crippen LogP contribution is 2.20. The van der Waals surface area contributed by atoms with Crippen LogP contribution < -0.4 is 4.72 Å². The van der Waals surface area contributed by atoms with Crippen molar-refractivity contribution >= 4 is 10.0 Å². The van der Waals surface area contributed by atoms with E-state index in [2.05, 4.69) is 39.0 Å². The van der Waals surface area contributed by atoms with Crippen molar-refractivity contribution in [2.45, 2.75) is 31.8 Å². The number of nitrogens with one attached hydrogen (secondary N) is 1. The molecule has 0 saturated carbocycles. The van der Waals surface area contributed by atoms with Crippen LogP contribution in [0.1, 0.15) is 24.8 Å². The number of benzene rings is 1. The number of hydrogen-bond donors (Lipinski definition) is 1. The second-order valence-electron chi connectivity index (χ2n) is 6.36. The zero-order chi connectivity index (χ0) is 17.0. The van der Waals surface area contributed by atoms with Crippen LogP contribution in [-0.4, -0.2) is 48.5 Å². The summed E-state index contributed by atoms with van der Waals surface area (Å²) >= 11 is 0. The molecule has 1 aromatic heterocycles. The van der Waals surface area contributed by atoms with Gasteiger partial charge in [-0.2, -0.15) is 5.10 Å². The molecule has 0 aliphatic carbocycles. The van der Waals surface area contributed by atoms with Crippen molar-refractivity contribution in [2.24, 2.45) is 0 Å². The number of hydrogen-bond acceptors (Lipinski definition) is 4. The molecule has 24 heavy (non-hydrogen) atoms. The number of aromatic nitrogens is 2. The standard InChI is InChI=1S/C17H24N4O2S/c1-24(22,23)19-13-17-5-2-3-11-20(17)14-15-6-8-16(9-7-15)21-12-4-10-18-21/h4,6-10,12,17,19H,2-3,5,11,13-14H2,1H3/t17-/m0/s1. The smallest absolute Gasteiger partial charge is 0.208 e. The Morgan fingerprint density at radius 2 is 2.04 bits per heavy atom. The summed E-state index contributed by atoms with van der Waals surface area (Å²) in [6.07, 6.45) is 8.27. The number of piperidine rings is 1. The maximum Gasteiger partial charge on any atom is 0.208 e. The lowest BCUT2D eigenvalue weighted by Crippen LogP contribution is -2.46. The van der Waals surface area contributed by atoms with E-state index in [-0.39, 0.29) is 6.04 Å². The number of sulfonamides is 1. The largest absolute Gasteiger partial charge is 0.295 e. The van der Waals surface area contributed by atoms with Crippen LogP contribution >= 0.6 is 0 Å².